The number of carboxylic acids is 1. The molecule has 17 heavy (non-hydrogen) atoms. The number of nitrogens with two attached hydrogens (primary N) is 1. The van der Waals surface area contributed by atoms with Crippen LogP contribution >= 0.6 is 15.9 Å². The molecule has 0 radical (unpaired) electrons. The zero-order valence-electron chi connectivity index (χ0n) is 8.55. The second kappa shape index (κ2) is 5.60. The Morgan fingerprint density at radius 1 is 1.59 bits per heavy atom. The molecule has 0 saturated heterocycles. The van der Waals surface area contributed by atoms with E-state index in [0.29, 0.717) is 4.47 Å². The fraction of sp³-hybridized carbons (Fsp3) is 0.222. The molecule has 0 bridgehead atoms. The number of rotatable bonds is 5. The molecule has 0 aliphatic rings. The Bertz CT molecular complexity index is 452. The number of aromatic nitrogens is 1. The van der Waals surface area contributed by atoms with E-state index < -0.39 is 18.0 Å². The zero-order chi connectivity index (χ0) is 13.0. The molecule has 92 valence electrons. The van der Waals surface area contributed by atoms with Crippen molar-refractivity contribution in [2.24, 2.45) is 5.73 Å². The highest BCUT2D eigenvalue weighted by Crippen LogP contribution is 2.17. The van der Waals surface area contributed by atoms with Crippen LogP contribution in [0.3, 0.4) is 0 Å². The van der Waals surface area contributed by atoms with Gasteiger partial charge in [0.2, 0.25) is 5.91 Å². The van der Waals surface area contributed by atoms with Crippen molar-refractivity contribution in [2.45, 2.75) is 6.10 Å². The Kier molecular flexibility index (Phi) is 4.41. The highest BCUT2D eigenvalue weighted by Gasteiger charge is 2.15. The first kappa shape index (κ1) is 13.4. The summed E-state index contributed by atoms with van der Waals surface area (Å²) in [5, 5.41) is 20.6. The van der Waals surface area contributed by atoms with E-state index in [1.165, 1.54) is 12.3 Å². The van der Waals surface area contributed by atoms with Crippen LogP contribution in [0.5, 0.6) is 0 Å². The van der Waals surface area contributed by atoms with Crippen LogP contribution in [0.4, 0.5) is 5.82 Å². The van der Waals surface area contributed by atoms with Gasteiger partial charge in [-0.3, -0.25) is 4.79 Å². The van der Waals surface area contributed by atoms with E-state index >= 15 is 0 Å². The van der Waals surface area contributed by atoms with Gasteiger partial charge in [-0.2, -0.15) is 0 Å². The standard InChI is InChI=1S/C9H10BrN3O4/c10-4-1-5(9(16)17)8(12-2-4)13-3-6(14)7(11)15/h1-2,6,14H,3H2,(H2,11,15)(H,12,13)(H,16,17). The fourth-order valence-corrected chi connectivity index (χ4v) is 1.37. The van der Waals surface area contributed by atoms with E-state index in [-0.39, 0.29) is 17.9 Å². The molecule has 0 saturated carbocycles. The van der Waals surface area contributed by atoms with Crippen molar-refractivity contribution in [3.63, 3.8) is 0 Å². The van der Waals surface area contributed by atoms with Crippen molar-refractivity contribution in [3.8, 4) is 0 Å². The molecule has 1 amide bonds. The average Bonchev–Trinajstić information content (AvgIpc) is 2.26. The van der Waals surface area contributed by atoms with Gasteiger partial charge in [0.05, 0.1) is 6.54 Å². The van der Waals surface area contributed by atoms with Crippen molar-refractivity contribution < 1.29 is 19.8 Å². The molecule has 1 aromatic rings. The molecule has 1 atom stereocenters. The van der Waals surface area contributed by atoms with Gasteiger partial charge in [0.25, 0.3) is 0 Å². The van der Waals surface area contributed by atoms with Crippen molar-refractivity contribution >= 4 is 33.6 Å². The third-order valence-corrected chi connectivity index (χ3v) is 2.31. The number of pyridine rings is 1. The van der Waals surface area contributed by atoms with Crippen LogP contribution in [-0.4, -0.2) is 39.7 Å². The summed E-state index contributed by atoms with van der Waals surface area (Å²) in [7, 11) is 0. The minimum Gasteiger partial charge on any atom is -0.478 e. The van der Waals surface area contributed by atoms with Crippen LogP contribution in [0.1, 0.15) is 10.4 Å². The molecule has 0 aliphatic heterocycles. The Morgan fingerprint density at radius 3 is 2.76 bits per heavy atom. The number of carbonyl (C=O) groups is 2. The van der Waals surface area contributed by atoms with Crippen LogP contribution in [0.15, 0.2) is 16.7 Å². The molecular formula is C9H10BrN3O4. The number of aromatic carboxylic acids is 1. The van der Waals surface area contributed by atoms with Crippen LogP contribution in [0, 0.1) is 0 Å². The normalized spacial score (nSPS) is 11.9. The molecule has 0 fully saturated rings. The number of hydrogen-bond acceptors (Lipinski definition) is 5. The third-order valence-electron chi connectivity index (χ3n) is 1.88. The van der Waals surface area contributed by atoms with E-state index in [1.807, 2.05) is 0 Å². The maximum absolute atomic E-state index is 10.9. The molecule has 1 heterocycles. The number of amides is 1. The molecule has 0 spiro atoms. The summed E-state index contributed by atoms with van der Waals surface area (Å²) in [6, 6.07) is 1.36. The van der Waals surface area contributed by atoms with Gasteiger partial charge < -0.3 is 21.3 Å². The number of primary amides is 1. The predicted octanol–water partition coefficient (Wildman–Crippen LogP) is -0.200. The molecular weight excluding hydrogens is 294 g/mol. The topological polar surface area (TPSA) is 126 Å². The molecule has 0 aromatic carbocycles. The number of carbonyl (C=O) groups excluding carboxylic acids is 1. The average molecular weight is 304 g/mol. The van der Waals surface area contributed by atoms with Gasteiger partial charge in [-0.05, 0) is 22.0 Å². The lowest BCUT2D eigenvalue weighted by Crippen LogP contribution is -2.34. The van der Waals surface area contributed by atoms with Gasteiger partial charge in [-0.25, -0.2) is 9.78 Å². The lowest BCUT2D eigenvalue weighted by atomic mass is 10.2. The Morgan fingerprint density at radius 2 is 2.24 bits per heavy atom. The maximum Gasteiger partial charge on any atom is 0.339 e. The number of aliphatic hydroxyl groups excluding tert-OH is 1. The van der Waals surface area contributed by atoms with Gasteiger partial charge in [0.15, 0.2) is 0 Å². The van der Waals surface area contributed by atoms with E-state index in [4.69, 9.17) is 15.9 Å². The van der Waals surface area contributed by atoms with E-state index in [9.17, 15) is 9.59 Å². The van der Waals surface area contributed by atoms with Gasteiger partial charge in [0.1, 0.15) is 17.5 Å². The van der Waals surface area contributed by atoms with Crippen LogP contribution in [-0.2, 0) is 4.79 Å². The number of carboxylic acid groups (broad SMARTS) is 1. The summed E-state index contributed by atoms with van der Waals surface area (Å²) in [5.74, 6) is -2.01. The van der Waals surface area contributed by atoms with Crippen LogP contribution < -0.4 is 11.1 Å². The van der Waals surface area contributed by atoms with Gasteiger partial charge in [0, 0.05) is 10.7 Å². The molecule has 7 nitrogen and oxygen atoms in total. The zero-order valence-corrected chi connectivity index (χ0v) is 10.1. The van der Waals surface area contributed by atoms with E-state index in [2.05, 4.69) is 26.2 Å². The first-order chi connectivity index (χ1) is 7.91. The van der Waals surface area contributed by atoms with E-state index in [0.717, 1.165) is 0 Å². The monoisotopic (exact) mass is 303 g/mol. The van der Waals surface area contributed by atoms with Crippen molar-refractivity contribution in [1.82, 2.24) is 4.98 Å². The Hall–Kier alpha value is -1.67. The molecule has 1 aromatic heterocycles. The number of halogens is 1. The summed E-state index contributed by atoms with van der Waals surface area (Å²) in [5.41, 5.74) is 4.78. The van der Waals surface area contributed by atoms with Crippen molar-refractivity contribution in [3.05, 3.63) is 22.3 Å². The van der Waals surface area contributed by atoms with Gasteiger partial charge in [-0.1, -0.05) is 0 Å². The Balaban J connectivity index is 2.84. The number of anilines is 1. The highest BCUT2D eigenvalue weighted by molar-refractivity contribution is 9.10. The van der Waals surface area contributed by atoms with Crippen LogP contribution in [0.25, 0.3) is 0 Å². The highest BCUT2D eigenvalue weighted by atomic mass is 79.9. The molecule has 1 unspecified atom stereocenters. The van der Waals surface area contributed by atoms with Crippen LogP contribution in [0.2, 0.25) is 0 Å². The van der Waals surface area contributed by atoms with Gasteiger partial charge in [-0.15, -0.1) is 0 Å². The first-order valence-electron chi connectivity index (χ1n) is 4.52. The quantitative estimate of drug-likeness (QED) is 0.597. The predicted molar refractivity (Wildman–Crippen MR) is 62.6 cm³/mol. The minimum absolute atomic E-state index is 0.0565. The SMILES string of the molecule is NC(=O)C(O)CNc1ncc(Br)cc1C(=O)O. The minimum atomic E-state index is -1.40. The summed E-state index contributed by atoms with van der Waals surface area (Å²) < 4.78 is 0.510. The van der Waals surface area contributed by atoms with Crippen molar-refractivity contribution in [2.75, 3.05) is 11.9 Å². The lowest BCUT2D eigenvalue weighted by molar-refractivity contribution is -0.125. The van der Waals surface area contributed by atoms with Crippen molar-refractivity contribution in [1.29, 1.82) is 0 Å². The third kappa shape index (κ3) is 3.68. The summed E-state index contributed by atoms with van der Waals surface area (Å²) in [6.45, 7) is -0.204. The molecule has 5 N–H and O–H groups in total. The number of nitrogens with zero attached hydrogens (tertiary/aromatic N) is 1. The first-order valence-corrected chi connectivity index (χ1v) is 5.31. The summed E-state index contributed by atoms with van der Waals surface area (Å²) >= 11 is 3.09. The van der Waals surface area contributed by atoms with E-state index in [1.54, 1.807) is 0 Å². The summed E-state index contributed by atoms with van der Waals surface area (Å²) in [6.07, 6.45) is -0.00657. The maximum atomic E-state index is 10.9. The lowest BCUT2D eigenvalue weighted by Gasteiger charge is -2.11. The smallest absolute Gasteiger partial charge is 0.339 e. The Labute approximate surface area is 105 Å². The number of nitrogens with one attached hydrogen (secondary N) is 1. The summed E-state index contributed by atoms with van der Waals surface area (Å²) in [4.78, 5) is 25.3. The molecule has 1 rings (SSSR count). The number of aliphatic hydroxyl groups is 1. The molecule has 8 heteroatoms. The second-order valence-electron chi connectivity index (χ2n) is 3.15. The molecule has 0 aliphatic carbocycles. The fourth-order valence-electron chi connectivity index (χ4n) is 1.04. The van der Waals surface area contributed by atoms with Gasteiger partial charge >= 0.3 is 5.97 Å². The number of hydrogen-bond donors (Lipinski definition) is 4. The largest absolute Gasteiger partial charge is 0.478 e. The second-order valence-corrected chi connectivity index (χ2v) is 4.07.